The van der Waals surface area contributed by atoms with E-state index in [0.29, 0.717) is 12.6 Å². The lowest BCUT2D eigenvalue weighted by Crippen LogP contribution is -2.41. The van der Waals surface area contributed by atoms with E-state index in [9.17, 15) is 0 Å². The van der Waals surface area contributed by atoms with Crippen LogP contribution in [-0.4, -0.2) is 39.2 Å². The molecule has 6 heteroatoms. The van der Waals surface area contributed by atoms with Crippen LogP contribution in [0.25, 0.3) is 5.69 Å². The molecule has 0 aliphatic carbocycles. The Hall–Kier alpha value is -3.41. The van der Waals surface area contributed by atoms with Gasteiger partial charge in [0.15, 0.2) is 5.82 Å². The van der Waals surface area contributed by atoms with Crippen LogP contribution in [0.15, 0.2) is 76.8 Å². The minimum Gasteiger partial charge on any atom is -0.465 e. The summed E-state index contributed by atoms with van der Waals surface area (Å²) in [6.07, 6.45) is 2.77. The van der Waals surface area contributed by atoms with Gasteiger partial charge in [0.25, 0.3) is 0 Å². The summed E-state index contributed by atoms with van der Waals surface area (Å²) in [4.78, 5) is 12.0. The summed E-state index contributed by atoms with van der Waals surface area (Å²) in [6.45, 7) is 4.84. The Balaban J connectivity index is 1.64. The molecule has 29 heavy (non-hydrogen) atoms. The Bertz CT molecular complexity index is 1070. The molecule has 0 spiro atoms. The van der Waals surface area contributed by atoms with Crippen LogP contribution < -0.4 is 0 Å². The van der Waals surface area contributed by atoms with E-state index >= 15 is 0 Å². The molecular formula is C23H23N5O. The van der Waals surface area contributed by atoms with Crippen LogP contribution in [0.5, 0.6) is 0 Å². The topological polar surface area (TPSA) is 55.0 Å². The van der Waals surface area contributed by atoms with Gasteiger partial charge >= 0.3 is 6.02 Å². The molecule has 3 heterocycles. The Morgan fingerprint density at radius 1 is 1.00 bits per heavy atom. The maximum Gasteiger partial charge on any atom is 0.300 e. The lowest BCUT2D eigenvalue weighted by Gasteiger charge is -2.32. The molecule has 0 unspecified atom stereocenters. The quantitative estimate of drug-likeness (QED) is 0.665. The highest BCUT2D eigenvalue weighted by atomic mass is 16.5. The molecule has 6 nitrogen and oxygen atoms in total. The second-order valence-corrected chi connectivity index (χ2v) is 7.29. The molecule has 2 aliphatic rings. The average molecular weight is 385 g/mol. The summed E-state index contributed by atoms with van der Waals surface area (Å²) in [6, 6.07) is 21.2. The third-order valence-electron chi connectivity index (χ3n) is 5.26. The van der Waals surface area contributed by atoms with E-state index in [-0.39, 0.29) is 12.1 Å². The van der Waals surface area contributed by atoms with Gasteiger partial charge in [0.1, 0.15) is 5.84 Å². The third kappa shape index (κ3) is 2.92. The van der Waals surface area contributed by atoms with Crippen LogP contribution in [0, 0.1) is 0 Å². The summed E-state index contributed by atoms with van der Waals surface area (Å²) in [7, 11) is 0. The molecule has 2 aromatic carbocycles. The number of benzene rings is 2. The van der Waals surface area contributed by atoms with Gasteiger partial charge in [0.2, 0.25) is 0 Å². The van der Waals surface area contributed by atoms with Crippen LogP contribution in [0.1, 0.15) is 37.4 Å². The van der Waals surface area contributed by atoms with Gasteiger partial charge in [0.05, 0.1) is 36.1 Å². The molecule has 5 rings (SSSR count). The first-order valence-electron chi connectivity index (χ1n) is 10.0. The van der Waals surface area contributed by atoms with E-state index in [4.69, 9.17) is 14.7 Å². The first-order chi connectivity index (χ1) is 14.3. The molecule has 2 atom stereocenters. The Kier molecular flexibility index (Phi) is 4.39. The van der Waals surface area contributed by atoms with Crippen molar-refractivity contribution in [2.24, 2.45) is 9.98 Å². The van der Waals surface area contributed by atoms with Crippen molar-refractivity contribution in [2.45, 2.75) is 32.4 Å². The molecule has 146 valence electrons. The normalized spacial score (nSPS) is 20.0. The molecule has 0 saturated carbocycles. The number of fused-ring (bicyclic) bond motifs is 3. The molecule has 2 aliphatic heterocycles. The van der Waals surface area contributed by atoms with Gasteiger partial charge in [-0.3, -0.25) is 9.89 Å². The second-order valence-electron chi connectivity index (χ2n) is 7.29. The van der Waals surface area contributed by atoms with Crippen molar-refractivity contribution in [1.82, 2.24) is 14.7 Å². The molecule has 0 fully saturated rings. The van der Waals surface area contributed by atoms with Crippen LogP contribution >= 0.6 is 0 Å². The molecule has 0 amide bonds. The van der Waals surface area contributed by atoms with Crippen molar-refractivity contribution < 1.29 is 4.74 Å². The van der Waals surface area contributed by atoms with Crippen molar-refractivity contribution in [2.75, 3.05) is 6.61 Å². The number of aliphatic imine (C=N–C) groups is 2. The van der Waals surface area contributed by atoms with Gasteiger partial charge in [-0.15, -0.1) is 0 Å². The number of nitrogens with zero attached hydrogens (tertiary/aromatic N) is 5. The van der Waals surface area contributed by atoms with Gasteiger partial charge in [-0.1, -0.05) is 55.5 Å². The highest BCUT2D eigenvalue weighted by molar-refractivity contribution is 6.14. The number of hydrogen-bond acceptors (Lipinski definition) is 5. The maximum absolute atomic E-state index is 6.12. The van der Waals surface area contributed by atoms with Crippen molar-refractivity contribution >= 4 is 17.7 Å². The van der Waals surface area contributed by atoms with Gasteiger partial charge < -0.3 is 4.74 Å². The first-order valence-corrected chi connectivity index (χ1v) is 10.0. The fraction of sp³-hybridized carbons (Fsp3) is 0.261. The number of para-hydroxylation sites is 1. The van der Waals surface area contributed by atoms with Crippen LogP contribution in [0.3, 0.4) is 0 Å². The highest BCUT2D eigenvalue weighted by Gasteiger charge is 2.43. The zero-order valence-electron chi connectivity index (χ0n) is 16.6. The number of hydrogen-bond donors (Lipinski definition) is 0. The Morgan fingerprint density at radius 3 is 2.45 bits per heavy atom. The van der Waals surface area contributed by atoms with E-state index in [0.717, 1.165) is 29.3 Å². The van der Waals surface area contributed by atoms with Gasteiger partial charge in [0, 0.05) is 0 Å². The van der Waals surface area contributed by atoms with E-state index in [1.165, 1.54) is 5.56 Å². The van der Waals surface area contributed by atoms with Crippen molar-refractivity contribution in [3.8, 4) is 5.69 Å². The average Bonchev–Trinajstić information content (AvgIpc) is 3.34. The van der Waals surface area contributed by atoms with Gasteiger partial charge in [-0.2, -0.15) is 10.1 Å². The molecule has 1 aromatic heterocycles. The minimum absolute atomic E-state index is 0.0510. The molecule has 0 saturated heterocycles. The lowest BCUT2D eigenvalue weighted by atomic mass is 10.0. The Morgan fingerprint density at radius 2 is 1.72 bits per heavy atom. The SMILES string of the molecule is CCCOC1=Nc2c(cnn2-c2ccccc2)C2=N[C@@H](C)[C@H](c3ccccc3)N12. The van der Waals surface area contributed by atoms with E-state index < -0.39 is 0 Å². The van der Waals surface area contributed by atoms with Gasteiger partial charge in [-0.05, 0) is 31.0 Å². The fourth-order valence-corrected chi connectivity index (χ4v) is 3.96. The predicted octanol–water partition coefficient (Wildman–Crippen LogP) is 4.49. The van der Waals surface area contributed by atoms with E-state index in [1.807, 2.05) is 47.3 Å². The second kappa shape index (κ2) is 7.20. The van der Waals surface area contributed by atoms with Crippen molar-refractivity contribution in [3.05, 3.63) is 78.0 Å². The number of ether oxygens (including phenoxy) is 1. The van der Waals surface area contributed by atoms with Gasteiger partial charge in [-0.25, -0.2) is 4.68 Å². The number of amidine groups is 2. The Labute approximate surface area is 170 Å². The number of aromatic nitrogens is 2. The molecule has 3 aromatic rings. The first kappa shape index (κ1) is 17.7. The molecule has 0 radical (unpaired) electrons. The zero-order valence-corrected chi connectivity index (χ0v) is 16.6. The maximum atomic E-state index is 6.12. The van der Waals surface area contributed by atoms with Crippen LogP contribution in [-0.2, 0) is 4.74 Å². The fourth-order valence-electron chi connectivity index (χ4n) is 3.96. The minimum atomic E-state index is 0.0510. The van der Waals surface area contributed by atoms with Crippen molar-refractivity contribution in [1.29, 1.82) is 0 Å². The van der Waals surface area contributed by atoms with E-state index in [1.54, 1.807) is 0 Å². The van der Waals surface area contributed by atoms with Crippen LogP contribution in [0.2, 0.25) is 0 Å². The summed E-state index contributed by atoms with van der Waals surface area (Å²) < 4.78 is 7.97. The zero-order chi connectivity index (χ0) is 19.8. The molecular weight excluding hydrogens is 362 g/mol. The monoisotopic (exact) mass is 385 g/mol. The van der Waals surface area contributed by atoms with Crippen LogP contribution in [0.4, 0.5) is 5.82 Å². The summed E-state index contributed by atoms with van der Waals surface area (Å²) in [5.74, 6) is 1.64. The third-order valence-corrected chi connectivity index (χ3v) is 5.26. The highest BCUT2D eigenvalue weighted by Crippen LogP contribution is 2.40. The molecule has 0 bridgehead atoms. The largest absolute Gasteiger partial charge is 0.465 e. The summed E-state index contributed by atoms with van der Waals surface area (Å²) in [5.41, 5.74) is 3.10. The standard InChI is InChI=1S/C23H23N5O/c1-3-14-29-23-26-22-19(15-24-28(22)18-12-8-5-9-13-18)21-25-16(2)20(27(21)23)17-10-6-4-7-11-17/h4-13,15-16,20H,3,14H2,1-2H3/t16-,20+/m0/s1. The smallest absolute Gasteiger partial charge is 0.300 e. The van der Waals surface area contributed by atoms with Crippen molar-refractivity contribution in [3.63, 3.8) is 0 Å². The molecule has 0 N–H and O–H groups in total. The lowest BCUT2D eigenvalue weighted by molar-refractivity contribution is 0.243. The van der Waals surface area contributed by atoms with E-state index in [2.05, 4.69) is 48.1 Å². The summed E-state index contributed by atoms with van der Waals surface area (Å²) >= 11 is 0. The predicted molar refractivity (Wildman–Crippen MR) is 114 cm³/mol. The number of rotatable bonds is 4. The summed E-state index contributed by atoms with van der Waals surface area (Å²) in [5, 5.41) is 4.61.